The van der Waals surface area contributed by atoms with Crippen LogP contribution in [0.1, 0.15) is 30.0 Å². The van der Waals surface area contributed by atoms with Crippen molar-refractivity contribution in [2.45, 2.75) is 26.1 Å². The van der Waals surface area contributed by atoms with Crippen LogP contribution in [0.4, 0.5) is 18.0 Å². The van der Waals surface area contributed by atoms with Crippen LogP contribution in [-0.4, -0.2) is 25.8 Å². The van der Waals surface area contributed by atoms with E-state index < -0.39 is 17.5 Å². The van der Waals surface area contributed by atoms with Gasteiger partial charge in [-0.2, -0.15) is 18.3 Å². The smallest absolute Gasteiger partial charge is 0.416 e. The van der Waals surface area contributed by atoms with Crippen LogP contribution in [0.25, 0.3) is 17.0 Å². The fourth-order valence-corrected chi connectivity index (χ4v) is 4.11. The number of fused-ring (bicyclic) bond motifs is 1. The van der Waals surface area contributed by atoms with Crippen molar-refractivity contribution in [1.82, 2.24) is 9.78 Å². The third-order valence-corrected chi connectivity index (χ3v) is 5.49. The van der Waals surface area contributed by atoms with Crippen LogP contribution in [0.15, 0.2) is 52.5 Å². The number of nitrogens with zero attached hydrogens (tertiary/aromatic N) is 3. The first kappa shape index (κ1) is 20.2. The first-order valence-corrected chi connectivity index (χ1v) is 9.92. The Kier molecular flexibility index (Phi) is 5.15. The van der Waals surface area contributed by atoms with Crippen molar-refractivity contribution in [2.24, 2.45) is 4.99 Å². The van der Waals surface area contributed by atoms with E-state index in [0.717, 1.165) is 39.4 Å². The molecular formula is C21H16F3N3O2S. The number of alkyl halides is 3. The highest BCUT2D eigenvalue weighted by Gasteiger charge is 2.33. The molecule has 0 fully saturated rings. The van der Waals surface area contributed by atoms with Crippen LogP contribution < -0.4 is 0 Å². The highest BCUT2D eigenvalue weighted by molar-refractivity contribution is 8.18. The van der Waals surface area contributed by atoms with Crippen LogP contribution in [0.2, 0.25) is 0 Å². The first-order chi connectivity index (χ1) is 14.2. The number of carbonyl (C=O) groups excluding carboxylic acids is 1. The molecule has 1 aromatic heterocycles. The van der Waals surface area contributed by atoms with Gasteiger partial charge >= 0.3 is 11.4 Å². The van der Waals surface area contributed by atoms with Gasteiger partial charge in [0.15, 0.2) is 0 Å². The lowest BCUT2D eigenvalue weighted by Crippen LogP contribution is -2.12. The predicted octanol–water partition coefficient (Wildman–Crippen LogP) is 5.87. The second-order valence-electron chi connectivity index (χ2n) is 6.77. The predicted molar refractivity (Wildman–Crippen MR) is 111 cm³/mol. The molecule has 154 valence electrons. The summed E-state index contributed by atoms with van der Waals surface area (Å²) in [7, 11) is 0. The molecule has 0 radical (unpaired) electrons. The van der Waals surface area contributed by atoms with Gasteiger partial charge < -0.3 is 5.11 Å². The van der Waals surface area contributed by atoms with Crippen molar-refractivity contribution in [3.63, 3.8) is 0 Å². The van der Waals surface area contributed by atoms with E-state index in [4.69, 9.17) is 0 Å². The molecule has 5 nitrogen and oxygen atoms in total. The third kappa shape index (κ3) is 4.11. The molecule has 0 spiro atoms. The quantitative estimate of drug-likeness (QED) is 0.561. The Labute approximate surface area is 173 Å². The van der Waals surface area contributed by atoms with E-state index >= 15 is 0 Å². The third-order valence-electron chi connectivity index (χ3n) is 4.65. The summed E-state index contributed by atoms with van der Waals surface area (Å²) in [5.41, 5.74) is 1.36. The lowest BCUT2D eigenvalue weighted by Gasteiger charge is -2.13. The molecule has 3 aromatic rings. The largest absolute Gasteiger partial charge is 0.508 e. The summed E-state index contributed by atoms with van der Waals surface area (Å²) in [6.07, 6.45) is -0.379. The van der Waals surface area contributed by atoms with Crippen molar-refractivity contribution in [1.29, 1.82) is 0 Å². The van der Waals surface area contributed by atoms with Crippen LogP contribution in [0, 0.1) is 0 Å². The Morgan fingerprint density at radius 3 is 2.73 bits per heavy atom. The summed E-state index contributed by atoms with van der Waals surface area (Å²) < 4.78 is 41.3. The Balaban J connectivity index is 1.65. The Hall–Kier alpha value is -3.07. The number of phenols is 1. The highest BCUT2D eigenvalue weighted by atomic mass is 32.2. The number of carbonyl (C=O) groups is 1. The van der Waals surface area contributed by atoms with Crippen LogP contribution in [-0.2, 0) is 12.7 Å². The summed E-state index contributed by atoms with van der Waals surface area (Å²) in [6.45, 7) is 1.84. The number of hydrogen-bond donors (Lipinski definition) is 1. The van der Waals surface area contributed by atoms with E-state index in [2.05, 4.69) is 10.1 Å². The zero-order chi connectivity index (χ0) is 21.5. The zero-order valence-corrected chi connectivity index (χ0v) is 16.6. The summed E-state index contributed by atoms with van der Waals surface area (Å²) in [4.78, 5) is 16.3. The van der Waals surface area contributed by atoms with Crippen molar-refractivity contribution < 1.29 is 23.1 Å². The molecule has 1 aliphatic rings. The van der Waals surface area contributed by atoms with E-state index in [0.29, 0.717) is 11.9 Å². The summed E-state index contributed by atoms with van der Waals surface area (Å²) >= 11 is 1.08. The van der Waals surface area contributed by atoms with Gasteiger partial charge in [-0.25, -0.2) is 4.99 Å². The molecule has 1 aliphatic heterocycles. The minimum Gasteiger partial charge on any atom is -0.508 e. The minimum atomic E-state index is -4.57. The number of hydrogen-bond acceptors (Lipinski definition) is 4. The average molecular weight is 431 g/mol. The molecule has 0 unspecified atom stereocenters. The Morgan fingerprint density at radius 1 is 1.20 bits per heavy atom. The molecule has 1 amide bonds. The molecule has 4 rings (SSSR count). The summed E-state index contributed by atoms with van der Waals surface area (Å²) in [5.74, 6) is -0.437. The minimum absolute atomic E-state index is 0.0140. The number of rotatable bonds is 4. The molecule has 30 heavy (non-hydrogen) atoms. The van der Waals surface area contributed by atoms with Crippen molar-refractivity contribution in [3.8, 4) is 5.75 Å². The monoisotopic (exact) mass is 431 g/mol. The van der Waals surface area contributed by atoms with Crippen LogP contribution in [0.5, 0.6) is 5.75 Å². The van der Waals surface area contributed by atoms with E-state index in [1.54, 1.807) is 12.3 Å². The molecule has 2 heterocycles. The molecule has 1 N–H and O–H groups in total. The van der Waals surface area contributed by atoms with Crippen molar-refractivity contribution in [2.75, 3.05) is 0 Å². The molecular weight excluding hydrogens is 415 g/mol. The number of thioether (sulfide) groups is 1. The number of amides is 1. The zero-order valence-electron chi connectivity index (χ0n) is 15.8. The number of allylic oxidation sites excluding steroid dienone is 1. The van der Waals surface area contributed by atoms with E-state index in [1.165, 1.54) is 16.8 Å². The number of aromatic nitrogens is 2. The Bertz CT molecular complexity index is 1210. The molecule has 0 saturated carbocycles. The molecule has 0 saturated heterocycles. The van der Waals surface area contributed by atoms with Gasteiger partial charge in [-0.3, -0.25) is 9.48 Å². The first-order valence-electron chi connectivity index (χ1n) is 9.10. The Morgan fingerprint density at radius 2 is 2.00 bits per heavy atom. The lowest BCUT2D eigenvalue weighted by atomic mass is 10.1. The number of aromatic hydroxyl groups is 1. The SMILES string of the molecule is CCC1=NC(=O)S/C1=C\c1ccc2nn(Cc3ccc(O)cc3C(F)(F)F)cc2c1. The lowest BCUT2D eigenvalue weighted by molar-refractivity contribution is -0.138. The molecule has 2 aromatic carbocycles. The normalized spacial score (nSPS) is 15.9. The fourth-order valence-electron chi connectivity index (χ4n) is 3.27. The standard InChI is InChI=1S/C21H16F3N3O2S/c1-2-17-19(30-20(29)25-17)8-12-3-6-18-14(7-12)11-27(26-18)10-13-4-5-15(28)9-16(13)21(22,23)24/h3-9,11,28H,2,10H2,1H3/b19-8-. The highest BCUT2D eigenvalue weighted by Crippen LogP contribution is 2.35. The van der Waals surface area contributed by atoms with Gasteiger partial charge in [0.1, 0.15) is 5.75 Å². The maximum atomic E-state index is 13.3. The van der Waals surface area contributed by atoms with Crippen molar-refractivity contribution in [3.05, 3.63) is 64.2 Å². The molecule has 9 heteroatoms. The van der Waals surface area contributed by atoms with E-state index in [-0.39, 0.29) is 17.3 Å². The molecule has 0 aliphatic carbocycles. The average Bonchev–Trinajstić information content (AvgIpc) is 3.24. The van der Waals surface area contributed by atoms with Gasteiger partial charge in [-0.15, -0.1) is 0 Å². The van der Waals surface area contributed by atoms with Gasteiger partial charge in [-0.1, -0.05) is 19.1 Å². The van der Waals surface area contributed by atoms with Crippen molar-refractivity contribution >= 4 is 39.7 Å². The van der Waals surface area contributed by atoms with Crippen LogP contribution in [0.3, 0.4) is 0 Å². The second kappa shape index (κ2) is 7.64. The van der Waals surface area contributed by atoms with Gasteiger partial charge in [0.2, 0.25) is 0 Å². The number of halogens is 3. The maximum absolute atomic E-state index is 13.3. The fraction of sp³-hybridized carbons (Fsp3) is 0.190. The van der Waals surface area contributed by atoms with Gasteiger partial charge in [-0.05, 0) is 59.7 Å². The molecule has 0 atom stereocenters. The second-order valence-corrected chi connectivity index (χ2v) is 7.77. The molecule has 0 bridgehead atoms. The van der Waals surface area contributed by atoms with Crippen LogP contribution >= 0.6 is 11.8 Å². The van der Waals surface area contributed by atoms with E-state index in [9.17, 15) is 23.1 Å². The summed E-state index contributed by atoms with van der Waals surface area (Å²) in [5, 5.41) is 14.3. The topological polar surface area (TPSA) is 67.5 Å². The van der Waals surface area contributed by atoms with E-state index in [1.807, 2.05) is 25.1 Å². The number of aliphatic imine (C=N–C) groups is 1. The maximum Gasteiger partial charge on any atom is 0.416 e. The number of phenolic OH excluding ortho intramolecular Hbond substituents is 1. The summed E-state index contributed by atoms with van der Waals surface area (Å²) in [6, 6.07) is 8.68. The number of benzene rings is 2. The van der Waals surface area contributed by atoms with Gasteiger partial charge in [0.25, 0.3) is 0 Å². The van der Waals surface area contributed by atoms with Gasteiger partial charge in [0.05, 0.1) is 23.3 Å². The van der Waals surface area contributed by atoms with Gasteiger partial charge in [0, 0.05) is 16.5 Å².